The third-order valence-electron chi connectivity index (χ3n) is 8.29. The average Bonchev–Trinajstić information content (AvgIpc) is 3.31. The minimum Gasteiger partial charge on any atom is -0.299 e. The molecule has 0 aromatic heterocycles. The van der Waals surface area contributed by atoms with Gasteiger partial charge in [-0.1, -0.05) is 18.2 Å². The number of carbonyl (C=O) groups excluding carboxylic acids is 1. The summed E-state index contributed by atoms with van der Waals surface area (Å²) in [6.45, 7) is 1.85. The van der Waals surface area contributed by atoms with Gasteiger partial charge in [0.2, 0.25) is 0 Å². The quantitative estimate of drug-likeness (QED) is 0.406. The fraction of sp³-hybridized carbons (Fsp3) is 0.519. The van der Waals surface area contributed by atoms with E-state index < -0.39 is 23.5 Å². The van der Waals surface area contributed by atoms with Crippen molar-refractivity contribution >= 4 is 5.78 Å². The molecular weight excluding hydrogens is 454 g/mol. The second-order valence-corrected chi connectivity index (χ2v) is 10.4. The van der Waals surface area contributed by atoms with Crippen LogP contribution < -0.4 is 0 Å². The molecule has 2 unspecified atom stereocenters. The zero-order chi connectivity index (χ0) is 24.4. The molecule has 0 N–H and O–H groups in total. The molecule has 0 spiro atoms. The summed E-state index contributed by atoms with van der Waals surface area (Å²) in [5.74, 6) is 0.827. The number of hydrogen-bond acceptors (Lipinski definition) is 1. The average molecular weight is 480 g/mol. The van der Waals surface area contributed by atoms with E-state index in [0.29, 0.717) is 18.3 Å². The Kier molecular flexibility index (Phi) is 5.60. The van der Waals surface area contributed by atoms with Crippen molar-refractivity contribution in [3.05, 3.63) is 70.3 Å². The van der Waals surface area contributed by atoms with Crippen molar-refractivity contribution in [2.45, 2.75) is 63.2 Å². The molecule has 3 aliphatic carbocycles. The number of ketones is 1. The number of rotatable bonds is 4. The monoisotopic (exact) mass is 480 g/mol. The number of halogens is 6. The Bertz CT molecular complexity index is 1070. The number of aryl methyl sites for hydroxylation is 1. The summed E-state index contributed by atoms with van der Waals surface area (Å²) in [6, 6.07) is 9.08. The molecule has 2 aromatic carbocycles. The molecule has 3 fully saturated rings. The second-order valence-electron chi connectivity index (χ2n) is 10.4. The zero-order valence-electron chi connectivity index (χ0n) is 18.7. The lowest BCUT2D eigenvalue weighted by Gasteiger charge is -2.18. The van der Waals surface area contributed by atoms with Crippen LogP contribution in [0.2, 0.25) is 0 Å². The summed E-state index contributed by atoms with van der Waals surface area (Å²) in [4.78, 5) is 13.1. The highest BCUT2D eigenvalue weighted by Gasteiger charge is 2.51. The number of Topliss-reactive ketones (excluding diaryl/α,β-unsaturated/α-hetero) is 1. The predicted molar refractivity (Wildman–Crippen MR) is 115 cm³/mol. The Labute approximate surface area is 194 Å². The lowest BCUT2D eigenvalue weighted by atomic mass is 9.87. The van der Waals surface area contributed by atoms with Crippen LogP contribution in [0, 0.1) is 30.6 Å². The van der Waals surface area contributed by atoms with Gasteiger partial charge in [-0.2, -0.15) is 26.3 Å². The maximum absolute atomic E-state index is 13.2. The second kappa shape index (κ2) is 8.13. The Morgan fingerprint density at radius 3 is 1.88 bits per heavy atom. The van der Waals surface area contributed by atoms with Gasteiger partial charge in [0.25, 0.3) is 0 Å². The van der Waals surface area contributed by atoms with Crippen LogP contribution in [-0.2, 0) is 17.1 Å². The molecule has 182 valence electrons. The van der Waals surface area contributed by atoms with Gasteiger partial charge in [0.1, 0.15) is 5.78 Å². The Morgan fingerprint density at radius 1 is 0.765 bits per heavy atom. The highest BCUT2D eigenvalue weighted by atomic mass is 19.4. The van der Waals surface area contributed by atoms with Gasteiger partial charge in [-0.05, 0) is 104 Å². The van der Waals surface area contributed by atoms with Gasteiger partial charge in [0.15, 0.2) is 0 Å². The van der Waals surface area contributed by atoms with Crippen LogP contribution in [0.25, 0.3) is 0 Å². The summed E-state index contributed by atoms with van der Waals surface area (Å²) in [5.41, 5.74) is 1.14. The van der Waals surface area contributed by atoms with Gasteiger partial charge < -0.3 is 0 Å². The van der Waals surface area contributed by atoms with E-state index in [1.54, 1.807) is 6.07 Å². The largest absolute Gasteiger partial charge is 0.416 e. The molecule has 3 aliphatic rings. The molecule has 6 atom stereocenters. The number of carbonyl (C=O) groups is 1. The van der Waals surface area contributed by atoms with Crippen molar-refractivity contribution in [2.75, 3.05) is 0 Å². The Hall–Kier alpha value is -2.31. The van der Waals surface area contributed by atoms with Gasteiger partial charge >= 0.3 is 12.4 Å². The summed E-state index contributed by atoms with van der Waals surface area (Å²) < 4.78 is 77.9. The van der Waals surface area contributed by atoms with Gasteiger partial charge in [-0.15, -0.1) is 0 Å². The number of alkyl halides is 6. The SMILES string of the molecule is Cc1ccc(C(F)(F)F)cc1C1C[C@H]2CC(C(=O)[C@@H]3C[C@@H]3c3ccc(C(F)(F)F)cc3)C[C@H]2C1. The normalized spacial score (nSPS) is 30.9. The number of fused-ring (bicyclic) bond motifs is 1. The van der Waals surface area contributed by atoms with E-state index in [-0.39, 0.29) is 29.5 Å². The van der Waals surface area contributed by atoms with E-state index >= 15 is 0 Å². The molecule has 0 heterocycles. The molecule has 0 bridgehead atoms. The van der Waals surface area contributed by atoms with Crippen molar-refractivity contribution in [3.8, 4) is 0 Å². The maximum Gasteiger partial charge on any atom is 0.416 e. The van der Waals surface area contributed by atoms with Crippen LogP contribution in [-0.4, -0.2) is 5.78 Å². The van der Waals surface area contributed by atoms with Gasteiger partial charge in [-0.25, -0.2) is 0 Å². The van der Waals surface area contributed by atoms with Crippen LogP contribution >= 0.6 is 0 Å². The standard InChI is InChI=1S/C27H26F6O/c1-14-2-5-21(27(31,32)33)12-22(14)18-8-16-10-19(11-17(16)9-18)25(34)24-13-23(24)15-3-6-20(7-4-15)26(28,29)30/h2-7,12,16-19,23-24H,8-11,13H2,1H3/t16-,17+,18?,19?,23-,24-/m1/s1. The topological polar surface area (TPSA) is 17.1 Å². The van der Waals surface area contributed by atoms with Crippen LogP contribution in [0.5, 0.6) is 0 Å². The van der Waals surface area contributed by atoms with E-state index in [2.05, 4.69) is 0 Å². The molecule has 0 saturated heterocycles. The smallest absolute Gasteiger partial charge is 0.299 e. The third kappa shape index (κ3) is 4.38. The van der Waals surface area contributed by atoms with Crippen molar-refractivity contribution in [3.63, 3.8) is 0 Å². The van der Waals surface area contributed by atoms with Crippen molar-refractivity contribution < 1.29 is 31.1 Å². The highest BCUT2D eigenvalue weighted by molar-refractivity contribution is 5.87. The Morgan fingerprint density at radius 2 is 1.32 bits per heavy atom. The molecule has 5 rings (SSSR count). The number of benzene rings is 2. The lowest BCUT2D eigenvalue weighted by Crippen LogP contribution is -2.15. The minimum atomic E-state index is -4.37. The highest BCUT2D eigenvalue weighted by Crippen LogP contribution is 2.57. The van der Waals surface area contributed by atoms with Gasteiger partial charge in [0, 0.05) is 11.8 Å². The van der Waals surface area contributed by atoms with Crippen LogP contribution in [0.4, 0.5) is 26.3 Å². The summed E-state index contributed by atoms with van der Waals surface area (Å²) in [5, 5.41) is 0. The first-order valence-corrected chi connectivity index (χ1v) is 11.8. The van der Waals surface area contributed by atoms with Crippen molar-refractivity contribution in [1.29, 1.82) is 0 Å². The van der Waals surface area contributed by atoms with E-state index in [1.165, 1.54) is 18.2 Å². The van der Waals surface area contributed by atoms with E-state index in [9.17, 15) is 31.1 Å². The molecular formula is C27H26F6O. The van der Waals surface area contributed by atoms with Gasteiger partial charge in [-0.3, -0.25) is 4.79 Å². The first-order valence-electron chi connectivity index (χ1n) is 11.8. The van der Waals surface area contributed by atoms with Crippen LogP contribution in [0.15, 0.2) is 42.5 Å². The van der Waals surface area contributed by atoms with E-state index in [0.717, 1.165) is 60.6 Å². The molecule has 3 saturated carbocycles. The predicted octanol–water partition coefficient (Wildman–Crippen LogP) is 7.93. The number of hydrogen-bond donors (Lipinski definition) is 0. The van der Waals surface area contributed by atoms with E-state index in [4.69, 9.17) is 0 Å². The fourth-order valence-electron chi connectivity index (χ4n) is 6.46. The third-order valence-corrected chi connectivity index (χ3v) is 8.29. The molecule has 0 amide bonds. The van der Waals surface area contributed by atoms with Crippen molar-refractivity contribution in [2.24, 2.45) is 23.7 Å². The lowest BCUT2D eigenvalue weighted by molar-refractivity contribution is -0.138. The minimum absolute atomic E-state index is 0.00395. The summed E-state index contributed by atoms with van der Waals surface area (Å²) in [7, 11) is 0. The van der Waals surface area contributed by atoms with E-state index in [1.807, 2.05) is 6.92 Å². The fourth-order valence-corrected chi connectivity index (χ4v) is 6.46. The van der Waals surface area contributed by atoms with Crippen LogP contribution in [0.1, 0.15) is 71.8 Å². The molecule has 2 aromatic rings. The van der Waals surface area contributed by atoms with Gasteiger partial charge in [0.05, 0.1) is 11.1 Å². The van der Waals surface area contributed by atoms with Crippen LogP contribution in [0.3, 0.4) is 0 Å². The zero-order valence-corrected chi connectivity index (χ0v) is 18.7. The first kappa shape index (κ1) is 23.4. The molecule has 34 heavy (non-hydrogen) atoms. The molecule has 0 radical (unpaired) electrons. The first-order chi connectivity index (χ1) is 15.9. The maximum atomic E-state index is 13.2. The van der Waals surface area contributed by atoms with Crippen molar-refractivity contribution in [1.82, 2.24) is 0 Å². The summed E-state index contributed by atoms with van der Waals surface area (Å²) in [6.07, 6.45) is -4.89. The molecule has 0 aliphatic heterocycles. The Balaban J connectivity index is 1.20. The molecule has 1 nitrogen and oxygen atoms in total. The summed E-state index contributed by atoms with van der Waals surface area (Å²) >= 11 is 0. The molecule has 7 heteroatoms.